The van der Waals surface area contributed by atoms with Gasteiger partial charge in [-0.15, -0.1) is 11.3 Å². The number of esters is 1. The Hall–Kier alpha value is -0.870. The van der Waals surface area contributed by atoms with Gasteiger partial charge in [0.25, 0.3) is 0 Å². The minimum atomic E-state index is -0.174. The second kappa shape index (κ2) is 8.25. The van der Waals surface area contributed by atoms with Gasteiger partial charge in [0.1, 0.15) is 11.0 Å². The van der Waals surface area contributed by atoms with E-state index in [9.17, 15) is 4.79 Å². The number of carbonyl (C=O) groups is 1. The van der Waals surface area contributed by atoms with Gasteiger partial charge < -0.3 is 10.1 Å². The summed E-state index contributed by atoms with van der Waals surface area (Å²) < 4.78 is 5.37. The maximum Gasteiger partial charge on any atom is 0.348 e. The molecule has 1 aliphatic heterocycles. The predicted molar refractivity (Wildman–Crippen MR) is 73.7 cm³/mol. The topological polar surface area (TPSA) is 38.3 Å². The third-order valence-corrected chi connectivity index (χ3v) is 3.13. The molecule has 0 spiro atoms. The van der Waals surface area contributed by atoms with Crippen LogP contribution >= 0.6 is 11.3 Å². The van der Waals surface area contributed by atoms with Crippen molar-refractivity contribution in [3.8, 4) is 0 Å². The Balaban J connectivity index is 0.000000660. The number of carbonyl (C=O) groups excluding carboxylic acids is 1. The first-order valence-electron chi connectivity index (χ1n) is 6.23. The van der Waals surface area contributed by atoms with Crippen LogP contribution in [-0.2, 0) is 4.74 Å². The van der Waals surface area contributed by atoms with E-state index in [2.05, 4.69) is 19.2 Å². The van der Waals surface area contributed by atoms with Crippen molar-refractivity contribution in [1.82, 2.24) is 5.32 Å². The number of nitrogens with one attached hydrogen (secondary N) is 1. The number of ether oxygens (including phenoxy) is 1. The number of hydrogen-bond acceptors (Lipinski definition) is 4. The highest BCUT2D eigenvalue weighted by Gasteiger charge is 2.18. The van der Waals surface area contributed by atoms with Gasteiger partial charge in [0.2, 0.25) is 0 Å². The zero-order valence-corrected chi connectivity index (χ0v) is 11.4. The van der Waals surface area contributed by atoms with Crippen LogP contribution in [0.5, 0.6) is 0 Å². The lowest BCUT2D eigenvalue weighted by atomic mass is 10.1. The fourth-order valence-corrected chi connectivity index (χ4v) is 2.12. The number of rotatable bonds is 2. The molecule has 1 fully saturated rings. The molecule has 1 aliphatic rings. The summed E-state index contributed by atoms with van der Waals surface area (Å²) in [7, 11) is 0. The molecule has 0 amide bonds. The van der Waals surface area contributed by atoms with Crippen LogP contribution in [0.3, 0.4) is 0 Å². The highest BCUT2D eigenvalue weighted by atomic mass is 32.1. The molecule has 0 atom stereocenters. The van der Waals surface area contributed by atoms with E-state index in [-0.39, 0.29) is 13.5 Å². The summed E-state index contributed by atoms with van der Waals surface area (Å²) >= 11 is 1.43. The van der Waals surface area contributed by atoms with Crippen molar-refractivity contribution in [1.29, 1.82) is 0 Å². The van der Waals surface area contributed by atoms with Crippen LogP contribution in [0.1, 0.15) is 44.2 Å². The highest BCUT2D eigenvalue weighted by molar-refractivity contribution is 7.11. The van der Waals surface area contributed by atoms with Gasteiger partial charge in [0.15, 0.2) is 0 Å². The number of thiophene rings is 1. The first kappa shape index (κ1) is 14.2. The van der Waals surface area contributed by atoms with Crippen molar-refractivity contribution in [3.63, 3.8) is 0 Å². The number of hydrogen-bond donors (Lipinski definition) is 1. The molecule has 2 heterocycles. The molecule has 0 radical (unpaired) electrons. The van der Waals surface area contributed by atoms with Crippen LogP contribution in [0.15, 0.2) is 17.5 Å². The van der Waals surface area contributed by atoms with Crippen molar-refractivity contribution in [2.75, 3.05) is 13.1 Å². The van der Waals surface area contributed by atoms with Crippen molar-refractivity contribution in [2.24, 2.45) is 0 Å². The predicted octanol–water partition coefficient (Wildman–Crippen LogP) is 3.32. The van der Waals surface area contributed by atoms with E-state index in [0.717, 1.165) is 25.9 Å². The Morgan fingerprint density at radius 2 is 2.18 bits per heavy atom. The quantitative estimate of drug-likeness (QED) is 0.826. The second-order valence-electron chi connectivity index (χ2n) is 4.04. The molecule has 1 saturated heterocycles. The van der Waals surface area contributed by atoms with Crippen molar-refractivity contribution in [3.05, 3.63) is 22.4 Å². The van der Waals surface area contributed by atoms with E-state index in [1.165, 1.54) is 17.8 Å². The molecule has 0 saturated carbocycles. The molecule has 0 aliphatic carbocycles. The zero-order valence-electron chi connectivity index (χ0n) is 10.6. The summed E-state index contributed by atoms with van der Waals surface area (Å²) in [5.41, 5.74) is 0. The van der Waals surface area contributed by atoms with Crippen LogP contribution < -0.4 is 5.32 Å². The normalized spacial score (nSPS) is 15.9. The zero-order chi connectivity index (χ0) is 12.5. The smallest absolute Gasteiger partial charge is 0.348 e. The van der Waals surface area contributed by atoms with Crippen molar-refractivity contribution >= 4 is 17.3 Å². The molecule has 0 aromatic carbocycles. The second-order valence-corrected chi connectivity index (χ2v) is 4.99. The first-order valence-corrected chi connectivity index (χ1v) is 7.11. The highest BCUT2D eigenvalue weighted by Crippen LogP contribution is 2.14. The van der Waals surface area contributed by atoms with Gasteiger partial charge in [-0.2, -0.15) is 0 Å². The summed E-state index contributed by atoms with van der Waals surface area (Å²) in [6.45, 7) is 6.14. The SMILES string of the molecule is CCC.O=C(OC1CCNCC1)c1cccs1.[HH]. The summed E-state index contributed by atoms with van der Waals surface area (Å²) in [6, 6.07) is 3.66. The van der Waals surface area contributed by atoms with Gasteiger partial charge in [-0.3, -0.25) is 0 Å². The van der Waals surface area contributed by atoms with Gasteiger partial charge >= 0.3 is 5.97 Å². The fourth-order valence-electron chi connectivity index (χ4n) is 1.52. The maximum atomic E-state index is 11.5. The van der Waals surface area contributed by atoms with E-state index >= 15 is 0 Å². The summed E-state index contributed by atoms with van der Waals surface area (Å²) in [4.78, 5) is 12.2. The van der Waals surface area contributed by atoms with Gasteiger partial charge in [-0.25, -0.2) is 4.79 Å². The monoisotopic (exact) mass is 257 g/mol. The molecule has 1 N–H and O–H groups in total. The van der Waals surface area contributed by atoms with E-state index in [4.69, 9.17) is 4.74 Å². The van der Waals surface area contributed by atoms with Crippen LogP contribution in [0.4, 0.5) is 0 Å². The van der Waals surface area contributed by atoms with Crippen LogP contribution in [0, 0.1) is 0 Å². The van der Waals surface area contributed by atoms with Crippen LogP contribution in [-0.4, -0.2) is 25.2 Å². The molecular weight excluding hydrogens is 234 g/mol. The average molecular weight is 257 g/mol. The van der Waals surface area contributed by atoms with E-state index < -0.39 is 0 Å². The third kappa shape index (κ3) is 5.33. The molecule has 98 valence electrons. The van der Waals surface area contributed by atoms with E-state index in [1.54, 1.807) is 6.07 Å². The molecule has 1 aromatic rings. The lowest BCUT2D eigenvalue weighted by Crippen LogP contribution is -2.33. The van der Waals surface area contributed by atoms with Crippen LogP contribution in [0.25, 0.3) is 0 Å². The molecule has 0 unspecified atom stereocenters. The van der Waals surface area contributed by atoms with E-state index in [1.807, 2.05) is 11.4 Å². The minimum Gasteiger partial charge on any atom is -0.458 e. The lowest BCUT2D eigenvalue weighted by molar-refractivity contribution is 0.0235. The average Bonchev–Trinajstić information content (AvgIpc) is 2.85. The van der Waals surface area contributed by atoms with E-state index in [0.29, 0.717) is 4.88 Å². The maximum absolute atomic E-state index is 11.5. The van der Waals surface area contributed by atoms with Gasteiger partial charge in [0.05, 0.1) is 0 Å². The Morgan fingerprint density at radius 1 is 1.53 bits per heavy atom. The molecule has 17 heavy (non-hydrogen) atoms. The van der Waals surface area contributed by atoms with Crippen molar-refractivity contribution < 1.29 is 11.0 Å². The Morgan fingerprint density at radius 3 is 2.71 bits per heavy atom. The molecule has 2 rings (SSSR count). The summed E-state index contributed by atoms with van der Waals surface area (Å²) in [6.07, 6.45) is 3.21. The first-order chi connectivity index (χ1) is 8.27. The molecule has 1 aromatic heterocycles. The largest absolute Gasteiger partial charge is 0.458 e. The lowest BCUT2D eigenvalue weighted by Gasteiger charge is -2.22. The fraction of sp³-hybridized carbons (Fsp3) is 0.615. The molecule has 0 bridgehead atoms. The van der Waals surface area contributed by atoms with Crippen LogP contribution in [0.2, 0.25) is 0 Å². The Labute approximate surface area is 109 Å². The number of piperidine rings is 1. The minimum absolute atomic E-state index is 0. The van der Waals surface area contributed by atoms with Crippen molar-refractivity contribution in [2.45, 2.75) is 39.2 Å². The van der Waals surface area contributed by atoms with Gasteiger partial charge in [-0.1, -0.05) is 26.3 Å². The Kier molecular flexibility index (Phi) is 6.89. The Bertz CT molecular complexity index is 311. The molecule has 4 heteroatoms. The molecule has 3 nitrogen and oxygen atoms in total. The summed E-state index contributed by atoms with van der Waals surface area (Å²) in [5.74, 6) is -0.174. The van der Waals surface area contributed by atoms with Gasteiger partial charge in [-0.05, 0) is 37.4 Å². The third-order valence-electron chi connectivity index (χ3n) is 2.28. The molecular formula is C13H23NO2S. The van der Waals surface area contributed by atoms with Gasteiger partial charge in [0, 0.05) is 1.43 Å². The summed E-state index contributed by atoms with van der Waals surface area (Å²) in [5, 5.41) is 5.12. The standard InChI is InChI=1S/C10H13NO2S.C3H8.H2/c12-10(9-2-1-7-14-9)13-8-3-5-11-6-4-8;1-3-2;/h1-2,7-8,11H,3-6H2;3H2,1-2H3;1H.